The van der Waals surface area contributed by atoms with Crippen LogP contribution >= 0.6 is 0 Å². The number of rotatable bonds is 4. The van der Waals surface area contributed by atoms with Gasteiger partial charge in [0.15, 0.2) is 5.69 Å². The van der Waals surface area contributed by atoms with Crippen LogP contribution in [0, 0.1) is 12.8 Å². The van der Waals surface area contributed by atoms with Crippen molar-refractivity contribution < 1.29 is 14.3 Å². The molecule has 6 nitrogen and oxygen atoms in total. The summed E-state index contributed by atoms with van der Waals surface area (Å²) in [5.74, 6) is -0.461. The van der Waals surface area contributed by atoms with Crippen LogP contribution in [0.5, 0.6) is 0 Å². The Morgan fingerprint density at radius 2 is 2.00 bits per heavy atom. The first-order chi connectivity index (χ1) is 11.0. The van der Waals surface area contributed by atoms with Gasteiger partial charge in [-0.2, -0.15) is 5.10 Å². The number of aromatic nitrogens is 2. The fourth-order valence-corrected chi connectivity index (χ4v) is 2.77. The lowest BCUT2D eigenvalue weighted by atomic mass is 10.1. The largest absolute Gasteiger partial charge is 0.464 e. The van der Waals surface area contributed by atoms with E-state index in [0.29, 0.717) is 5.69 Å². The number of amides is 1. The molecule has 1 aliphatic carbocycles. The summed E-state index contributed by atoms with van der Waals surface area (Å²) in [6, 6.07) is 9.98. The second-order valence-corrected chi connectivity index (χ2v) is 5.77. The van der Waals surface area contributed by atoms with Gasteiger partial charge in [0.05, 0.1) is 18.5 Å². The summed E-state index contributed by atoms with van der Waals surface area (Å²) in [4.78, 5) is 24.3. The lowest BCUT2D eigenvalue weighted by molar-refractivity contribution is -0.117. The summed E-state index contributed by atoms with van der Waals surface area (Å²) in [6.45, 7) is 1.80. The van der Waals surface area contributed by atoms with Gasteiger partial charge < -0.3 is 10.1 Å². The van der Waals surface area contributed by atoms with E-state index in [-0.39, 0.29) is 23.4 Å². The summed E-state index contributed by atoms with van der Waals surface area (Å²) in [6.07, 6.45) is 0.822. The zero-order valence-corrected chi connectivity index (χ0v) is 13.4. The minimum absolute atomic E-state index is 0.0671. The van der Waals surface area contributed by atoms with E-state index in [0.717, 1.165) is 12.1 Å². The maximum absolute atomic E-state index is 12.5. The van der Waals surface area contributed by atoms with Gasteiger partial charge in [-0.3, -0.25) is 9.48 Å². The maximum Gasteiger partial charge on any atom is 0.360 e. The number of ether oxygens (including phenoxy) is 1. The van der Waals surface area contributed by atoms with Crippen molar-refractivity contribution in [1.82, 2.24) is 9.78 Å². The average Bonchev–Trinajstić information content (AvgIpc) is 3.33. The van der Waals surface area contributed by atoms with Crippen LogP contribution in [0.1, 0.15) is 34.1 Å². The molecule has 23 heavy (non-hydrogen) atoms. The fourth-order valence-electron chi connectivity index (χ4n) is 2.77. The highest BCUT2D eigenvalue weighted by molar-refractivity contribution is 6.02. The summed E-state index contributed by atoms with van der Waals surface area (Å²) in [7, 11) is 3.02. The van der Waals surface area contributed by atoms with E-state index in [2.05, 4.69) is 10.4 Å². The third-order valence-corrected chi connectivity index (χ3v) is 4.32. The first-order valence-electron chi connectivity index (χ1n) is 7.50. The van der Waals surface area contributed by atoms with Crippen LogP contribution in [0.25, 0.3) is 0 Å². The Morgan fingerprint density at radius 1 is 1.30 bits per heavy atom. The van der Waals surface area contributed by atoms with Crippen LogP contribution in [0.15, 0.2) is 30.3 Å². The minimum atomic E-state index is -0.556. The van der Waals surface area contributed by atoms with Crippen LogP contribution < -0.4 is 5.32 Å². The van der Waals surface area contributed by atoms with E-state index in [9.17, 15) is 9.59 Å². The highest BCUT2D eigenvalue weighted by atomic mass is 16.5. The third-order valence-electron chi connectivity index (χ3n) is 4.32. The number of nitrogens with one attached hydrogen (secondary N) is 1. The number of hydrogen-bond acceptors (Lipinski definition) is 4. The van der Waals surface area contributed by atoms with Crippen molar-refractivity contribution in [1.29, 1.82) is 0 Å². The topological polar surface area (TPSA) is 73.2 Å². The number of benzene rings is 1. The zero-order valence-electron chi connectivity index (χ0n) is 13.4. The molecule has 120 valence electrons. The second-order valence-electron chi connectivity index (χ2n) is 5.77. The number of anilines is 1. The van der Waals surface area contributed by atoms with Crippen LogP contribution in [0.4, 0.5) is 5.69 Å². The molecule has 2 aromatic rings. The van der Waals surface area contributed by atoms with Crippen molar-refractivity contribution >= 4 is 17.6 Å². The van der Waals surface area contributed by atoms with Crippen LogP contribution in [-0.2, 0) is 16.6 Å². The number of esters is 1. The summed E-state index contributed by atoms with van der Waals surface area (Å²) < 4.78 is 6.29. The molecule has 1 N–H and O–H groups in total. The molecule has 1 aromatic carbocycles. The molecule has 2 unspecified atom stereocenters. The van der Waals surface area contributed by atoms with Gasteiger partial charge >= 0.3 is 5.97 Å². The molecule has 0 spiro atoms. The Morgan fingerprint density at radius 3 is 2.65 bits per heavy atom. The first kappa shape index (κ1) is 15.3. The van der Waals surface area contributed by atoms with Gasteiger partial charge in [0, 0.05) is 13.0 Å². The van der Waals surface area contributed by atoms with Gasteiger partial charge in [-0.1, -0.05) is 30.3 Å². The van der Waals surface area contributed by atoms with Gasteiger partial charge in [0.2, 0.25) is 5.91 Å². The Balaban J connectivity index is 1.76. The molecule has 1 saturated carbocycles. The second kappa shape index (κ2) is 5.87. The van der Waals surface area contributed by atoms with Crippen LogP contribution in [0.3, 0.4) is 0 Å². The molecule has 1 aromatic heterocycles. The van der Waals surface area contributed by atoms with E-state index in [1.807, 2.05) is 30.3 Å². The molecule has 0 bridgehead atoms. The van der Waals surface area contributed by atoms with E-state index < -0.39 is 5.97 Å². The Labute approximate surface area is 134 Å². The van der Waals surface area contributed by atoms with Gasteiger partial charge in [-0.15, -0.1) is 0 Å². The lowest BCUT2D eigenvalue weighted by Gasteiger charge is -2.06. The van der Waals surface area contributed by atoms with E-state index in [4.69, 9.17) is 4.74 Å². The highest BCUT2D eigenvalue weighted by Gasteiger charge is 2.44. The molecular formula is C17H19N3O3. The molecule has 0 radical (unpaired) electrons. The summed E-state index contributed by atoms with van der Waals surface area (Å²) in [5.41, 5.74) is 2.46. The number of nitrogens with zero attached hydrogens (tertiary/aromatic N) is 2. The van der Waals surface area contributed by atoms with Crippen molar-refractivity contribution in [3.63, 3.8) is 0 Å². The van der Waals surface area contributed by atoms with Crippen molar-refractivity contribution in [3.05, 3.63) is 47.3 Å². The van der Waals surface area contributed by atoms with Gasteiger partial charge in [-0.05, 0) is 24.8 Å². The van der Waals surface area contributed by atoms with Crippen molar-refractivity contribution in [3.8, 4) is 0 Å². The maximum atomic E-state index is 12.5. The summed E-state index contributed by atoms with van der Waals surface area (Å²) >= 11 is 0. The molecule has 0 aliphatic heterocycles. The Hall–Kier alpha value is -2.63. The molecule has 1 aliphatic rings. The average molecular weight is 313 g/mol. The molecule has 1 amide bonds. The number of methoxy groups -OCH3 is 1. The third kappa shape index (κ3) is 2.84. The van der Waals surface area contributed by atoms with E-state index in [1.165, 1.54) is 12.7 Å². The highest BCUT2D eigenvalue weighted by Crippen LogP contribution is 2.48. The minimum Gasteiger partial charge on any atom is -0.464 e. The van der Waals surface area contributed by atoms with E-state index in [1.54, 1.807) is 18.7 Å². The fraction of sp³-hybridized carbons (Fsp3) is 0.353. The number of carbonyl (C=O) groups excluding carboxylic acids is 2. The van der Waals surface area contributed by atoms with Gasteiger partial charge in [-0.25, -0.2) is 4.79 Å². The van der Waals surface area contributed by atoms with Gasteiger partial charge in [0.25, 0.3) is 0 Å². The lowest BCUT2D eigenvalue weighted by Crippen LogP contribution is -2.17. The van der Waals surface area contributed by atoms with Crippen molar-refractivity contribution in [2.75, 3.05) is 12.4 Å². The quantitative estimate of drug-likeness (QED) is 0.879. The van der Waals surface area contributed by atoms with Crippen LogP contribution in [-0.4, -0.2) is 28.8 Å². The predicted molar refractivity (Wildman–Crippen MR) is 85.2 cm³/mol. The summed E-state index contributed by atoms with van der Waals surface area (Å²) in [5, 5.41) is 6.97. The molecule has 3 rings (SSSR count). The normalized spacial score (nSPS) is 19.3. The van der Waals surface area contributed by atoms with Crippen LogP contribution in [0.2, 0.25) is 0 Å². The Bertz CT molecular complexity index is 752. The number of carbonyl (C=O) groups is 2. The first-order valence-corrected chi connectivity index (χ1v) is 7.50. The van der Waals surface area contributed by atoms with E-state index >= 15 is 0 Å². The SMILES string of the molecule is COC(=O)c1nn(C)c(C)c1NC(=O)C1CC1c1ccccc1. The standard InChI is InChI=1S/C17H19N3O3/c1-10-14(15(17(22)23-3)19-20(10)2)18-16(21)13-9-12(13)11-7-5-4-6-8-11/h4-8,12-13H,9H2,1-3H3,(H,18,21). The Kier molecular flexibility index (Phi) is 3.90. The predicted octanol–water partition coefficient (Wildman–Crippen LogP) is 2.26. The van der Waals surface area contributed by atoms with Crippen molar-refractivity contribution in [2.45, 2.75) is 19.3 Å². The molecule has 0 saturated heterocycles. The molecule has 1 heterocycles. The molecular weight excluding hydrogens is 294 g/mol. The van der Waals surface area contributed by atoms with Gasteiger partial charge in [0.1, 0.15) is 0 Å². The molecule has 2 atom stereocenters. The smallest absolute Gasteiger partial charge is 0.360 e. The zero-order chi connectivity index (χ0) is 16.6. The number of hydrogen-bond donors (Lipinski definition) is 1. The number of aryl methyl sites for hydroxylation is 1. The monoisotopic (exact) mass is 313 g/mol. The molecule has 6 heteroatoms. The van der Waals surface area contributed by atoms with Crippen molar-refractivity contribution in [2.24, 2.45) is 13.0 Å². The molecule has 1 fully saturated rings.